The summed E-state index contributed by atoms with van der Waals surface area (Å²) in [5.74, 6) is 3.19. The monoisotopic (exact) mass is 287 g/mol. The number of nitrogens with zero attached hydrogens (tertiary/aromatic N) is 3. The number of piperidine rings is 3. The smallest absolute Gasteiger partial charge is 0.218 e. The van der Waals surface area contributed by atoms with Crippen LogP contribution >= 0.6 is 0 Å². The first-order valence-electron chi connectivity index (χ1n) is 7.61. The van der Waals surface area contributed by atoms with Crippen LogP contribution in [0.5, 0.6) is 5.88 Å². The van der Waals surface area contributed by atoms with Crippen molar-refractivity contribution in [2.75, 3.05) is 32.1 Å². The Hall–Kier alpha value is -1.82. The zero-order valence-corrected chi connectivity index (χ0v) is 12.3. The largest absolute Gasteiger partial charge is 0.481 e. The maximum Gasteiger partial charge on any atom is 0.218 e. The van der Waals surface area contributed by atoms with Gasteiger partial charge in [0.25, 0.3) is 0 Å². The average molecular weight is 287 g/mol. The van der Waals surface area contributed by atoms with Gasteiger partial charge in [-0.05, 0) is 44.3 Å². The topological polar surface area (TPSA) is 62.3 Å². The summed E-state index contributed by atoms with van der Waals surface area (Å²) >= 11 is 0. The lowest BCUT2D eigenvalue weighted by molar-refractivity contribution is 0.0189. The second kappa shape index (κ2) is 4.87. The maximum atomic E-state index is 5.13. The van der Waals surface area contributed by atoms with Gasteiger partial charge in [0.15, 0.2) is 0 Å². The summed E-state index contributed by atoms with van der Waals surface area (Å²) in [5, 5.41) is 7.08. The van der Waals surface area contributed by atoms with Crippen molar-refractivity contribution in [3.63, 3.8) is 0 Å². The highest BCUT2D eigenvalue weighted by molar-refractivity contribution is 5.44. The molecule has 3 saturated heterocycles. The molecule has 0 unspecified atom stereocenters. The Balaban J connectivity index is 1.46. The third-order valence-corrected chi connectivity index (χ3v) is 5.04. The van der Waals surface area contributed by atoms with E-state index in [2.05, 4.69) is 31.6 Å². The Kier molecular flexibility index (Phi) is 2.99. The van der Waals surface area contributed by atoms with Crippen molar-refractivity contribution in [2.24, 2.45) is 5.92 Å². The van der Waals surface area contributed by atoms with E-state index in [4.69, 9.17) is 4.74 Å². The Bertz CT molecular complexity index is 567. The molecule has 21 heavy (non-hydrogen) atoms. The zero-order valence-electron chi connectivity index (χ0n) is 12.3. The van der Waals surface area contributed by atoms with Gasteiger partial charge in [-0.3, -0.25) is 0 Å². The van der Waals surface area contributed by atoms with Gasteiger partial charge in [-0.15, -0.1) is 0 Å². The molecule has 5 rings (SSSR count). The van der Waals surface area contributed by atoms with Gasteiger partial charge in [0.2, 0.25) is 5.88 Å². The molecule has 6 nitrogen and oxygen atoms in total. The lowest BCUT2D eigenvalue weighted by Crippen LogP contribution is -2.64. The molecule has 0 saturated carbocycles. The van der Waals surface area contributed by atoms with Crippen LogP contribution in [0.1, 0.15) is 19.3 Å². The number of ether oxygens (including phenoxy) is 1. The van der Waals surface area contributed by atoms with E-state index in [1.165, 1.54) is 32.3 Å². The van der Waals surface area contributed by atoms with Crippen molar-refractivity contribution in [2.45, 2.75) is 24.8 Å². The molecule has 0 radical (unpaired) electrons. The molecule has 2 N–H and O–H groups in total. The number of aromatic nitrogens is 2. The normalized spacial score (nSPS) is 33.7. The molecule has 0 amide bonds. The summed E-state index contributed by atoms with van der Waals surface area (Å²) < 4.78 is 5.13. The van der Waals surface area contributed by atoms with Gasteiger partial charge in [0, 0.05) is 12.6 Å². The van der Waals surface area contributed by atoms with Crippen molar-refractivity contribution in [3.8, 4) is 5.88 Å². The molecule has 3 fully saturated rings. The Morgan fingerprint density at radius 3 is 2.95 bits per heavy atom. The van der Waals surface area contributed by atoms with Crippen LogP contribution in [0, 0.1) is 5.92 Å². The molecule has 0 aromatic carbocycles. The minimum Gasteiger partial charge on any atom is -0.481 e. The fourth-order valence-corrected chi connectivity index (χ4v) is 3.94. The van der Waals surface area contributed by atoms with Crippen LogP contribution in [0.25, 0.3) is 0 Å². The molecule has 4 aliphatic heterocycles. The first-order valence-corrected chi connectivity index (χ1v) is 7.61. The molecule has 1 spiro atoms. The highest BCUT2D eigenvalue weighted by atomic mass is 16.5. The number of anilines is 1. The van der Waals surface area contributed by atoms with Crippen LogP contribution in [-0.2, 0) is 0 Å². The summed E-state index contributed by atoms with van der Waals surface area (Å²) in [6, 6.07) is 1.81. The molecule has 0 aliphatic carbocycles. The molecule has 1 atom stereocenters. The van der Waals surface area contributed by atoms with Gasteiger partial charge in [0.05, 0.1) is 12.6 Å². The summed E-state index contributed by atoms with van der Waals surface area (Å²) in [6.07, 6.45) is 7.50. The SMILES string of the molecule is COc1cc(NC2=CC[C@@]3(CN4CCC3CC4)N2)ncn1. The molecule has 4 aliphatic rings. The number of hydrogen-bond donors (Lipinski definition) is 2. The number of fused-ring (bicyclic) bond motifs is 2. The van der Waals surface area contributed by atoms with Crippen LogP contribution < -0.4 is 15.4 Å². The molecule has 6 heteroatoms. The van der Waals surface area contributed by atoms with Crippen LogP contribution in [0.2, 0.25) is 0 Å². The Labute approximate surface area is 124 Å². The fourth-order valence-electron chi connectivity index (χ4n) is 3.94. The van der Waals surface area contributed by atoms with E-state index in [1.54, 1.807) is 7.11 Å². The van der Waals surface area contributed by atoms with E-state index in [-0.39, 0.29) is 5.54 Å². The number of methoxy groups -OCH3 is 1. The first-order chi connectivity index (χ1) is 10.3. The van der Waals surface area contributed by atoms with Gasteiger partial charge < -0.3 is 20.3 Å². The molecule has 2 bridgehead atoms. The second-order valence-corrected chi connectivity index (χ2v) is 6.22. The zero-order chi connectivity index (χ0) is 14.3. The third-order valence-electron chi connectivity index (χ3n) is 5.04. The summed E-state index contributed by atoms with van der Waals surface area (Å²) in [5.41, 5.74) is 0.232. The molecule has 1 aromatic rings. The Morgan fingerprint density at radius 2 is 2.24 bits per heavy atom. The molecule has 5 heterocycles. The van der Waals surface area contributed by atoms with Gasteiger partial charge in [-0.2, -0.15) is 0 Å². The second-order valence-electron chi connectivity index (χ2n) is 6.22. The van der Waals surface area contributed by atoms with Crippen molar-refractivity contribution in [3.05, 3.63) is 24.3 Å². The minimum atomic E-state index is 0.232. The van der Waals surface area contributed by atoms with Crippen molar-refractivity contribution < 1.29 is 4.74 Å². The van der Waals surface area contributed by atoms with Crippen molar-refractivity contribution in [1.82, 2.24) is 20.2 Å². The van der Waals surface area contributed by atoms with E-state index in [1.807, 2.05) is 6.07 Å². The summed E-state index contributed by atoms with van der Waals surface area (Å²) in [6.45, 7) is 3.69. The van der Waals surface area contributed by atoms with Crippen LogP contribution in [0.4, 0.5) is 5.82 Å². The maximum absolute atomic E-state index is 5.13. The third kappa shape index (κ3) is 2.23. The van der Waals surface area contributed by atoms with E-state index >= 15 is 0 Å². The first kappa shape index (κ1) is 12.9. The van der Waals surface area contributed by atoms with E-state index in [0.29, 0.717) is 5.88 Å². The number of rotatable bonds is 3. The van der Waals surface area contributed by atoms with Gasteiger partial charge in [-0.1, -0.05) is 0 Å². The number of nitrogens with one attached hydrogen (secondary N) is 2. The standard InChI is InChI=1S/C15H21N5O/c1-21-14-8-13(16-10-17-14)18-12-2-5-15(19-12)9-20-6-3-11(15)4-7-20/h2,8,10-11,19H,3-7,9H2,1H3,(H,16,17,18)/t15-/m0/s1. The molecule has 112 valence electrons. The summed E-state index contributed by atoms with van der Waals surface area (Å²) in [4.78, 5) is 10.8. The number of hydrogen-bond acceptors (Lipinski definition) is 6. The van der Waals surface area contributed by atoms with Crippen molar-refractivity contribution >= 4 is 5.82 Å². The predicted octanol–water partition coefficient (Wildman–Crippen LogP) is 1.20. The van der Waals surface area contributed by atoms with E-state index in [9.17, 15) is 0 Å². The predicted molar refractivity (Wildman–Crippen MR) is 79.9 cm³/mol. The van der Waals surface area contributed by atoms with Crippen molar-refractivity contribution in [1.29, 1.82) is 0 Å². The fraction of sp³-hybridized carbons (Fsp3) is 0.600. The van der Waals surface area contributed by atoms with E-state index < -0.39 is 0 Å². The average Bonchev–Trinajstić information content (AvgIpc) is 2.91. The summed E-state index contributed by atoms with van der Waals surface area (Å²) in [7, 11) is 1.61. The quantitative estimate of drug-likeness (QED) is 0.871. The van der Waals surface area contributed by atoms with Gasteiger partial charge >= 0.3 is 0 Å². The molecular formula is C15H21N5O. The van der Waals surface area contributed by atoms with Gasteiger partial charge in [-0.25, -0.2) is 9.97 Å². The minimum absolute atomic E-state index is 0.232. The highest BCUT2D eigenvalue weighted by Gasteiger charge is 2.48. The van der Waals surface area contributed by atoms with Crippen LogP contribution in [0.3, 0.4) is 0 Å². The van der Waals surface area contributed by atoms with Crippen LogP contribution in [-0.4, -0.2) is 47.2 Å². The van der Waals surface area contributed by atoms with Crippen LogP contribution in [0.15, 0.2) is 24.3 Å². The molecule has 1 aromatic heterocycles. The highest BCUT2D eigenvalue weighted by Crippen LogP contribution is 2.41. The lowest BCUT2D eigenvalue weighted by Gasteiger charge is -2.52. The molecular weight excluding hydrogens is 266 g/mol. The lowest BCUT2D eigenvalue weighted by atomic mass is 9.72. The Morgan fingerprint density at radius 1 is 1.38 bits per heavy atom. The van der Waals surface area contributed by atoms with Gasteiger partial charge in [0.1, 0.15) is 18.0 Å². The van der Waals surface area contributed by atoms with E-state index in [0.717, 1.165) is 30.5 Å².